The van der Waals surface area contributed by atoms with Crippen molar-refractivity contribution in [1.29, 1.82) is 0 Å². The van der Waals surface area contributed by atoms with E-state index in [-0.39, 0.29) is 30.1 Å². The van der Waals surface area contributed by atoms with E-state index in [0.29, 0.717) is 12.0 Å². The Morgan fingerprint density at radius 3 is 2.64 bits per heavy atom. The highest BCUT2D eigenvalue weighted by Crippen LogP contribution is 2.35. The first kappa shape index (κ1) is 23.6. The van der Waals surface area contributed by atoms with Crippen molar-refractivity contribution in [1.82, 2.24) is 15.2 Å². The van der Waals surface area contributed by atoms with Crippen molar-refractivity contribution in [2.45, 2.75) is 52.5 Å². The Morgan fingerprint density at radius 2 is 1.91 bits per heavy atom. The molecule has 2 saturated heterocycles. The molecule has 1 aromatic heterocycles. The van der Waals surface area contributed by atoms with E-state index in [1.54, 1.807) is 0 Å². The van der Waals surface area contributed by atoms with Gasteiger partial charge < -0.3 is 15.6 Å². The highest BCUT2D eigenvalue weighted by atomic mass is 35.5. The van der Waals surface area contributed by atoms with E-state index in [4.69, 9.17) is 0 Å². The summed E-state index contributed by atoms with van der Waals surface area (Å²) >= 11 is 0. The standard InChI is InChI=1S/C26H32N4O2.ClH/c1-16-22(15-30-10-4-3-5-11-30)17(2)28-24(16)14-21-20-13-18(6-7-23(20)29-26(21)32)12-19-8-9-27-25(19)31;/h6-7,13-14,19,28H,3-5,8-12,15H2,1-2H3,(H,27,31)(H,29,32);1H. The first-order valence-electron chi connectivity index (χ1n) is 11.8. The lowest BCUT2D eigenvalue weighted by Crippen LogP contribution is -2.29. The Hall–Kier alpha value is -2.57. The monoisotopic (exact) mass is 468 g/mol. The summed E-state index contributed by atoms with van der Waals surface area (Å²) in [5, 5.41) is 5.90. The number of rotatable bonds is 5. The zero-order chi connectivity index (χ0) is 22.2. The maximum Gasteiger partial charge on any atom is 0.256 e. The van der Waals surface area contributed by atoms with Gasteiger partial charge >= 0.3 is 0 Å². The van der Waals surface area contributed by atoms with Gasteiger partial charge in [0.05, 0.1) is 5.57 Å². The summed E-state index contributed by atoms with van der Waals surface area (Å²) in [6.07, 6.45) is 7.47. The summed E-state index contributed by atoms with van der Waals surface area (Å²) in [6, 6.07) is 6.06. The summed E-state index contributed by atoms with van der Waals surface area (Å²) in [4.78, 5) is 30.8. The number of piperidine rings is 1. The van der Waals surface area contributed by atoms with Crippen molar-refractivity contribution in [3.05, 3.63) is 51.8 Å². The lowest BCUT2D eigenvalue weighted by atomic mass is 9.95. The van der Waals surface area contributed by atoms with Crippen molar-refractivity contribution >= 4 is 41.6 Å². The molecule has 3 aliphatic heterocycles. The largest absolute Gasteiger partial charge is 0.359 e. The highest BCUT2D eigenvalue weighted by Gasteiger charge is 2.28. The molecule has 7 heteroatoms. The lowest BCUT2D eigenvalue weighted by molar-refractivity contribution is -0.122. The van der Waals surface area contributed by atoms with Crippen LogP contribution >= 0.6 is 12.4 Å². The Bertz CT molecular complexity index is 1100. The second kappa shape index (κ2) is 9.74. The molecule has 0 bridgehead atoms. The van der Waals surface area contributed by atoms with E-state index in [2.05, 4.69) is 40.4 Å². The highest BCUT2D eigenvalue weighted by molar-refractivity contribution is 6.34. The number of aryl methyl sites for hydroxylation is 1. The Labute approximate surface area is 201 Å². The maximum atomic E-state index is 12.8. The smallest absolute Gasteiger partial charge is 0.256 e. The third-order valence-electron chi connectivity index (χ3n) is 7.26. The van der Waals surface area contributed by atoms with Gasteiger partial charge in [0.25, 0.3) is 5.91 Å². The number of likely N-dealkylation sites (tertiary alicyclic amines) is 1. The number of aromatic nitrogens is 1. The number of nitrogens with one attached hydrogen (secondary N) is 3. The van der Waals surface area contributed by atoms with E-state index in [1.807, 2.05) is 18.2 Å². The van der Waals surface area contributed by atoms with Crippen LogP contribution in [0, 0.1) is 19.8 Å². The molecule has 3 N–H and O–H groups in total. The molecule has 5 rings (SSSR count). The molecule has 2 amide bonds. The molecule has 0 saturated carbocycles. The molecule has 2 fully saturated rings. The molecule has 176 valence electrons. The van der Waals surface area contributed by atoms with Gasteiger partial charge in [-0.05, 0) is 87.5 Å². The van der Waals surface area contributed by atoms with Gasteiger partial charge in [0, 0.05) is 41.6 Å². The van der Waals surface area contributed by atoms with E-state index in [1.165, 1.54) is 36.1 Å². The van der Waals surface area contributed by atoms with Crippen LogP contribution in [0.25, 0.3) is 11.6 Å². The van der Waals surface area contributed by atoms with Crippen LogP contribution < -0.4 is 10.6 Å². The van der Waals surface area contributed by atoms with Crippen molar-refractivity contribution in [2.75, 3.05) is 25.0 Å². The van der Waals surface area contributed by atoms with E-state index >= 15 is 0 Å². The van der Waals surface area contributed by atoms with Crippen molar-refractivity contribution in [3.63, 3.8) is 0 Å². The third-order valence-corrected chi connectivity index (χ3v) is 7.26. The van der Waals surface area contributed by atoms with Crippen LogP contribution in [0.4, 0.5) is 5.69 Å². The van der Waals surface area contributed by atoms with Crippen LogP contribution in [0.2, 0.25) is 0 Å². The number of H-pyrrole nitrogens is 1. The van der Waals surface area contributed by atoms with Gasteiger partial charge in [-0.15, -0.1) is 12.4 Å². The Balaban J connectivity index is 0.00000259. The molecular formula is C26H33ClN4O2. The minimum atomic E-state index is -0.0695. The Morgan fingerprint density at radius 1 is 1.12 bits per heavy atom. The van der Waals surface area contributed by atoms with Crippen LogP contribution in [0.3, 0.4) is 0 Å². The molecule has 1 atom stereocenters. The molecule has 0 radical (unpaired) electrons. The predicted molar refractivity (Wildman–Crippen MR) is 134 cm³/mol. The summed E-state index contributed by atoms with van der Waals surface area (Å²) < 4.78 is 0. The molecule has 6 nitrogen and oxygen atoms in total. The molecule has 4 heterocycles. The molecule has 33 heavy (non-hydrogen) atoms. The van der Waals surface area contributed by atoms with Crippen molar-refractivity contribution < 1.29 is 9.59 Å². The summed E-state index contributed by atoms with van der Waals surface area (Å²) in [6.45, 7) is 8.33. The second-order valence-electron chi connectivity index (χ2n) is 9.48. The van der Waals surface area contributed by atoms with E-state index in [9.17, 15) is 9.59 Å². The summed E-state index contributed by atoms with van der Waals surface area (Å²) in [5.74, 6) is 0.0883. The van der Waals surface area contributed by atoms with Crippen LogP contribution in [0.1, 0.15) is 59.3 Å². The number of anilines is 1. The van der Waals surface area contributed by atoms with Gasteiger partial charge in [0.15, 0.2) is 0 Å². The van der Waals surface area contributed by atoms with Gasteiger partial charge in [-0.2, -0.15) is 0 Å². The number of nitrogens with zero attached hydrogens (tertiary/aromatic N) is 1. The fourth-order valence-electron chi connectivity index (χ4n) is 5.31. The molecular weight excluding hydrogens is 436 g/mol. The molecule has 3 aliphatic rings. The van der Waals surface area contributed by atoms with E-state index < -0.39 is 0 Å². The first-order valence-corrected chi connectivity index (χ1v) is 11.8. The zero-order valence-corrected chi connectivity index (χ0v) is 20.2. The number of fused-ring (bicyclic) bond motifs is 1. The average Bonchev–Trinajstić information content (AvgIpc) is 3.41. The number of benzene rings is 1. The first-order chi connectivity index (χ1) is 15.5. The van der Waals surface area contributed by atoms with Crippen molar-refractivity contribution in [3.8, 4) is 0 Å². The molecule has 1 unspecified atom stereocenters. The zero-order valence-electron chi connectivity index (χ0n) is 19.4. The number of hydrogen-bond acceptors (Lipinski definition) is 3. The number of carbonyl (C=O) groups is 2. The van der Waals surface area contributed by atoms with Crippen LogP contribution in [0.15, 0.2) is 18.2 Å². The quantitative estimate of drug-likeness (QED) is 0.575. The molecule has 0 aliphatic carbocycles. The average molecular weight is 469 g/mol. The second-order valence-corrected chi connectivity index (χ2v) is 9.48. The SMILES string of the molecule is Cc1[nH]c(C=C2C(=O)Nc3ccc(CC4CCNC4=O)cc32)c(C)c1CN1CCCCC1.Cl. The number of halogens is 1. The fourth-order valence-corrected chi connectivity index (χ4v) is 5.31. The van der Waals surface area contributed by atoms with Gasteiger partial charge in [0.1, 0.15) is 0 Å². The minimum Gasteiger partial charge on any atom is -0.359 e. The molecule has 1 aromatic carbocycles. The normalized spacial score (nSPS) is 21.6. The number of aromatic amines is 1. The third kappa shape index (κ3) is 4.73. The predicted octanol–water partition coefficient (Wildman–Crippen LogP) is 4.21. The molecule has 2 aromatic rings. The Kier molecular flexibility index (Phi) is 6.96. The lowest BCUT2D eigenvalue weighted by Gasteiger charge is -2.26. The van der Waals surface area contributed by atoms with Crippen LogP contribution in [0.5, 0.6) is 0 Å². The van der Waals surface area contributed by atoms with Gasteiger partial charge in [-0.1, -0.05) is 12.5 Å². The maximum absolute atomic E-state index is 12.8. The minimum absolute atomic E-state index is 0. The van der Waals surface area contributed by atoms with E-state index in [0.717, 1.165) is 55.1 Å². The number of carbonyl (C=O) groups excluding carboxylic acids is 2. The number of amides is 2. The number of hydrogen-bond donors (Lipinski definition) is 3. The van der Waals surface area contributed by atoms with Gasteiger partial charge in [-0.25, -0.2) is 0 Å². The topological polar surface area (TPSA) is 77.2 Å². The van der Waals surface area contributed by atoms with Crippen LogP contribution in [-0.4, -0.2) is 41.3 Å². The summed E-state index contributed by atoms with van der Waals surface area (Å²) in [7, 11) is 0. The van der Waals surface area contributed by atoms with Gasteiger partial charge in [-0.3, -0.25) is 14.5 Å². The molecule has 0 spiro atoms. The summed E-state index contributed by atoms with van der Waals surface area (Å²) in [5.41, 5.74) is 8.31. The van der Waals surface area contributed by atoms with Gasteiger partial charge in [0.2, 0.25) is 5.91 Å². The fraction of sp³-hybridized carbons (Fsp3) is 0.462. The van der Waals surface area contributed by atoms with Crippen molar-refractivity contribution in [2.24, 2.45) is 5.92 Å². The van der Waals surface area contributed by atoms with Crippen LogP contribution in [-0.2, 0) is 22.6 Å².